The number of aromatic nitrogens is 2. The normalized spacial score (nSPS) is 19.4. The third kappa shape index (κ3) is 4.62. The zero-order valence-electron chi connectivity index (χ0n) is 16.4. The van der Waals surface area contributed by atoms with Crippen LogP contribution in [0.4, 0.5) is 0 Å². The van der Waals surface area contributed by atoms with Gasteiger partial charge in [-0.05, 0) is 38.2 Å². The highest BCUT2D eigenvalue weighted by atomic mass is 16.5. The van der Waals surface area contributed by atoms with Crippen molar-refractivity contribution in [3.05, 3.63) is 28.8 Å². The summed E-state index contributed by atoms with van der Waals surface area (Å²) in [6.45, 7) is 0.430. The molecule has 1 aromatic carbocycles. The maximum Gasteiger partial charge on any atom is 0.261 e. The van der Waals surface area contributed by atoms with Crippen molar-refractivity contribution in [2.75, 3.05) is 14.2 Å². The van der Waals surface area contributed by atoms with E-state index in [4.69, 9.17) is 15.2 Å². The summed E-state index contributed by atoms with van der Waals surface area (Å²) in [6, 6.07) is 3.81. The molecule has 0 radical (unpaired) electrons. The molecule has 0 saturated heterocycles. The van der Waals surface area contributed by atoms with E-state index >= 15 is 0 Å². The van der Waals surface area contributed by atoms with Gasteiger partial charge in [0, 0.05) is 31.1 Å². The minimum atomic E-state index is -0.160. The minimum Gasteiger partial charge on any atom is -0.493 e. The molecule has 1 saturated carbocycles. The van der Waals surface area contributed by atoms with Crippen molar-refractivity contribution in [3.8, 4) is 11.5 Å². The number of carbonyl (C=O) groups excluding carboxylic acids is 1. The van der Waals surface area contributed by atoms with Crippen LogP contribution >= 0.6 is 0 Å². The van der Waals surface area contributed by atoms with Gasteiger partial charge in [-0.2, -0.15) is 0 Å². The van der Waals surface area contributed by atoms with Gasteiger partial charge in [0.15, 0.2) is 11.5 Å². The van der Waals surface area contributed by atoms with Crippen LogP contribution in [0.1, 0.15) is 38.5 Å². The number of rotatable bonds is 7. The zero-order valence-corrected chi connectivity index (χ0v) is 16.4. The van der Waals surface area contributed by atoms with Gasteiger partial charge in [0.25, 0.3) is 5.56 Å². The second-order valence-corrected chi connectivity index (χ2v) is 7.25. The zero-order chi connectivity index (χ0) is 20.1. The molecule has 2 aromatic rings. The number of methoxy groups -OCH3 is 2. The highest BCUT2D eigenvalue weighted by Gasteiger charge is 2.19. The minimum absolute atomic E-state index is 0.0219. The molecule has 0 unspecified atom stereocenters. The van der Waals surface area contributed by atoms with Gasteiger partial charge in [-0.15, -0.1) is 0 Å². The number of ether oxygens (including phenoxy) is 2. The molecule has 0 bridgehead atoms. The van der Waals surface area contributed by atoms with Gasteiger partial charge in [-0.25, -0.2) is 4.98 Å². The summed E-state index contributed by atoms with van der Waals surface area (Å²) < 4.78 is 12.0. The number of nitrogens with zero attached hydrogens (tertiary/aromatic N) is 2. The average Bonchev–Trinajstić information content (AvgIpc) is 2.70. The van der Waals surface area contributed by atoms with Gasteiger partial charge in [0.2, 0.25) is 5.91 Å². The van der Waals surface area contributed by atoms with E-state index in [1.165, 1.54) is 25.1 Å². The SMILES string of the molecule is COc1cc2ncn(CCCC(=O)NC3CCC(N)CC3)c(=O)c2cc1OC. The molecule has 0 spiro atoms. The summed E-state index contributed by atoms with van der Waals surface area (Å²) in [4.78, 5) is 29.2. The lowest BCUT2D eigenvalue weighted by Gasteiger charge is -2.26. The van der Waals surface area contributed by atoms with Crippen LogP contribution in [0, 0.1) is 0 Å². The maximum absolute atomic E-state index is 12.7. The fraction of sp³-hybridized carbons (Fsp3) is 0.550. The second kappa shape index (κ2) is 9.05. The summed E-state index contributed by atoms with van der Waals surface area (Å²) >= 11 is 0. The van der Waals surface area contributed by atoms with Gasteiger partial charge >= 0.3 is 0 Å². The monoisotopic (exact) mass is 388 g/mol. The molecule has 1 fully saturated rings. The van der Waals surface area contributed by atoms with Crippen LogP contribution in [0.15, 0.2) is 23.3 Å². The lowest BCUT2D eigenvalue weighted by atomic mass is 9.92. The van der Waals surface area contributed by atoms with Gasteiger partial charge < -0.3 is 20.5 Å². The molecule has 3 rings (SSSR count). The Kier molecular flexibility index (Phi) is 6.51. The molecule has 1 amide bonds. The molecule has 28 heavy (non-hydrogen) atoms. The first-order valence-corrected chi connectivity index (χ1v) is 9.68. The van der Waals surface area contributed by atoms with Crippen molar-refractivity contribution < 1.29 is 14.3 Å². The van der Waals surface area contributed by atoms with Crippen LogP contribution in [-0.4, -0.2) is 41.8 Å². The Morgan fingerprint density at radius 2 is 1.89 bits per heavy atom. The topological polar surface area (TPSA) is 108 Å². The first-order valence-electron chi connectivity index (χ1n) is 9.68. The van der Waals surface area contributed by atoms with Gasteiger partial charge in [-0.1, -0.05) is 0 Å². The third-order valence-electron chi connectivity index (χ3n) is 5.27. The number of nitrogens with two attached hydrogens (primary N) is 1. The Morgan fingerprint density at radius 1 is 1.21 bits per heavy atom. The highest BCUT2D eigenvalue weighted by Crippen LogP contribution is 2.29. The van der Waals surface area contributed by atoms with Crippen LogP contribution in [0.2, 0.25) is 0 Å². The Labute approximate surface area is 164 Å². The summed E-state index contributed by atoms with van der Waals surface area (Å²) in [5.74, 6) is 1.03. The van der Waals surface area contributed by atoms with E-state index in [0.717, 1.165) is 25.7 Å². The van der Waals surface area contributed by atoms with Crippen molar-refractivity contribution in [2.45, 2.75) is 57.2 Å². The molecule has 8 nitrogen and oxygen atoms in total. The molecule has 1 aromatic heterocycles. The molecular formula is C20H28N4O4. The first-order chi connectivity index (χ1) is 13.5. The van der Waals surface area contributed by atoms with Crippen molar-refractivity contribution in [1.82, 2.24) is 14.9 Å². The number of amides is 1. The molecule has 3 N–H and O–H groups in total. The van der Waals surface area contributed by atoms with Crippen molar-refractivity contribution in [1.29, 1.82) is 0 Å². The number of fused-ring (bicyclic) bond motifs is 1. The van der Waals surface area contributed by atoms with Gasteiger partial charge in [-0.3, -0.25) is 14.2 Å². The molecule has 1 aliphatic rings. The summed E-state index contributed by atoms with van der Waals surface area (Å²) in [6.07, 6.45) is 6.24. The van der Waals surface area contributed by atoms with E-state index < -0.39 is 0 Å². The highest BCUT2D eigenvalue weighted by molar-refractivity contribution is 5.81. The third-order valence-corrected chi connectivity index (χ3v) is 5.27. The molecule has 152 valence electrons. The number of hydrogen-bond donors (Lipinski definition) is 2. The van der Waals surface area contributed by atoms with Crippen molar-refractivity contribution >= 4 is 16.8 Å². The van der Waals surface area contributed by atoms with E-state index in [1.54, 1.807) is 12.1 Å². The fourth-order valence-electron chi connectivity index (χ4n) is 3.62. The van der Waals surface area contributed by atoms with Crippen LogP contribution < -0.4 is 26.1 Å². The van der Waals surface area contributed by atoms with Gasteiger partial charge in [0.05, 0.1) is 31.4 Å². The molecule has 8 heteroatoms. The molecule has 0 aliphatic heterocycles. The summed E-state index contributed by atoms with van der Waals surface area (Å²) in [7, 11) is 3.06. The van der Waals surface area contributed by atoms with Crippen molar-refractivity contribution in [2.24, 2.45) is 5.73 Å². The average molecular weight is 388 g/mol. The Bertz CT molecular complexity index is 888. The number of aryl methyl sites for hydroxylation is 1. The smallest absolute Gasteiger partial charge is 0.261 e. The van der Waals surface area contributed by atoms with Crippen molar-refractivity contribution in [3.63, 3.8) is 0 Å². The van der Waals surface area contributed by atoms with E-state index in [0.29, 0.717) is 41.8 Å². The second-order valence-electron chi connectivity index (χ2n) is 7.25. The van der Waals surface area contributed by atoms with Crippen LogP contribution in [0.25, 0.3) is 10.9 Å². The number of carbonyl (C=O) groups is 1. The quantitative estimate of drug-likeness (QED) is 0.745. The largest absolute Gasteiger partial charge is 0.493 e. The number of hydrogen-bond acceptors (Lipinski definition) is 6. The predicted octanol–water partition coefficient (Wildman–Crippen LogP) is 1.58. The Balaban J connectivity index is 1.60. The standard InChI is InChI=1S/C20H28N4O4/c1-27-17-10-15-16(11-18(17)28-2)22-12-24(20(15)26)9-3-4-19(25)23-14-7-5-13(21)6-8-14/h10-14H,3-9,21H2,1-2H3,(H,23,25). The van der Waals surface area contributed by atoms with Crippen LogP contribution in [0.3, 0.4) is 0 Å². The molecule has 1 heterocycles. The molecule has 1 aliphatic carbocycles. The first kappa shape index (κ1) is 20.1. The lowest BCUT2D eigenvalue weighted by molar-refractivity contribution is -0.122. The fourth-order valence-corrected chi connectivity index (χ4v) is 3.62. The summed E-state index contributed by atoms with van der Waals surface area (Å²) in [5.41, 5.74) is 6.28. The molecular weight excluding hydrogens is 360 g/mol. The van der Waals surface area contributed by atoms with E-state index in [9.17, 15) is 9.59 Å². The maximum atomic E-state index is 12.7. The molecule has 0 atom stereocenters. The van der Waals surface area contributed by atoms with Crippen LogP contribution in [0.5, 0.6) is 11.5 Å². The number of benzene rings is 1. The Morgan fingerprint density at radius 3 is 2.57 bits per heavy atom. The predicted molar refractivity (Wildman–Crippen MR) is 107 cm³/mol. The van der Waals surface area contributed by atoms with Crippen LogP contribution in [-0.2, 0) is 11.3 Å². The van der Waals surface area contributed by atoms with E-state index in [1.807, 2.05) is 0 Å². The lowest BCUT2D eigenvalue weighted by Crippen LogP contribution is -2.40. The summed E-state index contributed by atoms with van der Waals surface area (Å²) in [5, 5.41) is 3.53. The van der Waals surface area contributed by atoms with E-state index in [2.05, 4.69) is 10.3 Å². The number of nitrogens with one attached hydrogen (secondary N) is 1. The van der Waals surface area contributed by atoms with Gasteiger partial charge in [0.1, 0.15) is 0 Å². The van der Waals surface area contributed by atoms with E-state index in [-0.39, 0.29) is 23.6 Å². The Hall–Kier alpha value is -2.61.